The third kappa shape index (κ3) is 6.95. The maximum absolute atomic E-state index is 12.8. The number of benzene rings is 2. The summed E-state index contributed by atoms with van der Waals surface area (Å²) in [6, 6.07) is 16.5. The number of aromatic nitrogens is 1. The first-order valence-electron chi connectivity index (χ1n) is 11.0. The lowest BCUT2D eigenvalue weighted by atomic mass is 10.0. The van der Waals surface area contributed by atoms with Gasteiger partial charge >= 0.3 is 0 Å². The van der Waals surface area contributed by atoms with Gasteiger partial charge in [0.2, 0.25) is 12.3 Å². The molecule has 1 heterocycles. The zero-order valence-electron chi connectivity index (χ0n) is 19.8. The molecule has 1 aromatic heterocycles. The number of para-hydroxylation sites is 2. The number of pyridine rings is 1. The number of hydroxylamine groups is 1. The highest BCUT2D eigenvalue weighted by molar-refractivity contribution is 6.07. The Labute approximate surface area is 203 Å². The van der Waals surface area contributed by atoms with Crippen LogP contribution in [-0.4, -0.2) is 40.5 Å². The second kappa shape index (κ2) is 11.4. The van der Waals surface area contributed by atoms with Crippen molar-refractivity contribution in [3.8, 4) is 0 Å². The molecule has 0 spiro atoms. The zero-order chi connectivity index (χ0) is 25.4. The minimum absolute atomic E-state index is 0.346. The number of hydrogen-bond acceptors (Lipinski definition) is 6. The smallest absolute Gasteiger partial charge is 0.255 e. The molecule has 1 atom stereocenters. The van der Waals surface area contributed by atoms with Crippen LogP contribution in [0.15, 0.2) is 73.1 Å². The molecular weight excluding hydrogens is 448 g/mol. The first-order valence-corrected chi connectivity index (χ1v) is 11.0. The van der Waals surface area contributed by atoms with E-state index in [4.69, 9.17) is 4.84 Å². The number of carbonyl (C=O) groups is 3. The number of hydrogen-bond donors (Lipinski definition) is 3. The van der Waals surface area contributed by atoms with E-state index >= 15 is 0 Å². The topological polar surface area (TPSA) is 121 Å². The minimum atomic E-state index is -0.765. The summed E-state index contributed by atoms with van der Waals surface area (Å²) in [5, 5.41) is 16.3. The fraction of sp³-hybridized carbons (Fsp3) is 0.231. The molecule has 182 valence electrons. The van der Waals surface area contributed by atoms with Gasteiger partial charge in [-0.3, -0.25) is 24.2 Å². The number of rotatable bonds is 9. The van der Waals surface area contributed by atoms with E-state index in [9.17, 15) is 19.5 Å². The molecule has 3 aromatic rings. The predicted octanol–water partition coefficient (Wildman–Crippen LogP) is 3.74. The fourth-order valence-electron chi connectivity index (χ4n) is 3.24. The van der Waals surface area contributed by atoms with Crippen molar-refractivity contribution in [2.24, 2.45) is 0 Å². The Hall–Kier alpha value is -4.08. The van der Waals surface area contributed by atoms with Gasteiger partial charge in [-0.05, 0) is 68.8 Å². The van der Waals surface area contributed by atoms with E-state index in [1.54, 1.807) is 66.9 Å². The Morgan fingerprint density at radius 2 is 1.77 bits per heavy atom. The monoisotopic (exact) mass is 476 g/mol. The maximum Gasteiger partial charge on any atom is 0.255 e. The van der Waals surface area contributed by atoms with E-state index in [0.29, 0.717) is 34.6 Å². The van der Waals surface area contributed by atoms with Gasteiger partial charge in [-0.2, -0.15) is 5.06 Å². The average Bonchev–Trinajstić information content (AvgIpc) is 2.84. The summed E-state index contributed by atoms with van der Waals surface area (Å²) < 4.78 is 0. The minimum Gasteiger partial charge on any atom is -0.395 e. The van der Waals surface area contributed by atoms with Crippen molar-refractivity contribution in [1.82, 2.24) is 4.98 Å². The third-order valence-electron chi connectivity index (χ3n) is 4.86. The second-order valence-corrected chi connectivity index (χ2v) is 8.69. The quantitative estimate of drug-likeness (QED) is 0.320. The lowest BCUT2D eigenvalue weighted by Gasteiger charge is -2.28. The number of nitrogens with zero attached hydrogens (tertiary/aromatic N) is 2. The average molecular weight is 477 g/mol. The normalized spacial score (nSPS) is 11.9. The van der Waals surface area contributed by atoms with E-state index in [2.05, 4.69) is 15.6 Å². The maximum atomic E-state index is 12.8. The number of aliphatic hydroxyl groups excluding tert-OH is 1. The Balaban J connectivity index is 1.70. The van der Waals surface area contributed by atoms with Crippen LogP contribution in [0.5, 0.6) is 0 Å². The van der Waals surface area contributed by atoms with Crippen molar-refractivity contribution in [2.45, 2.75) is 32.3 Å². The van der Waals surface area contributed by atoms with Gasteiger partial charge in [0.05, 0.1) is 29.5 Å². The number of amides is 3. The SMILES string of the molecule is CC(C)(C)ON(C=O)c1ccccc1NC(=O)c1ccc(NC(=O)C(CO)c2cccnc2)cc1. The molecule has 0 fully saturated rings. The Bertz CT molecular complexity index is 1160. The van der Waals surface area contributed by atoms with Crippen molar-refractivity contribution < 1.29 is 24.3 Å². The van der Waals surface area contributed by atoms with Crippen LogP contribution in [0.3, 0.4) is 0 Å². The molecule has 0 saturated carbocycles. The van der Waals surface area contributed by atoms with Crippen molar-refractivity contribution in [3.05, 3.63) is 84.2 Å². The molecule has 1 unspecified atom stereocenters. The summed E-state index contributed by atoms with van der Waals surface area (Å²) in [5.41, 5.74) is 1.58. The van der Waals surface area contributed by atoms with Crippen LogP contribution >= 0.6 is 0 Å². The van der Waals surface area contributed by atoms with Crippen molar-refractivity contribution in [2.75, 3.05) is 22.3 Å². The Morgan fingerprint density at radius 3 is 2.37 bits per heavy atom. The number of anilines is 3. The van der Waals surface area contributed by atoms with Gasteiger partial charge < -0.3 is 15.7 Å². The largest absolute Gasteiger partial charge is 0.395 e. The first-order chi connectivity index (χ1) is 16.7. The van der Waals surface area contributed by atoms with Gasteiger partial charge in [0.15, 0.2) is 0 Å². The summed E-state index contributed by atoms with van der Waals surface area (Å²) in [5.74, 6) is -1.56. The third-order valence-corrected chi connectivity index (χ3v) is 4.86. The van der Waals surface area contributed by atoms with E-state index < -0.39 is 17.4 Å². The van der Waals surface area contributed by atoms with Crippen molar-refractivity contribution >= 4 is 35.3 Å². The molecule has 9 heteroatoms. The van der Waals surface area contributed by atoms with Crippen molar-refractivity contribution in [1.29, 1.82) is 0 Å². The molecule has 0 radical (unpaired) electrons. The first kappa shape index (κ1) is 25.5. The molecule has 35 heavy (non-hydrogen) atoms. The van der Waals surface area contributed by atoms with E-state index in [1.165, 1.54) is 6.20 Å². The zero-order valence-corrected chi connectivity index (χ0v) is 19.8. The van der Waals surface area contributed by atoms with E-state index in [1.807, 2.05) is 20.8 Å². The molecule has 3 rings (SSSR count). The number of nitrogens with one attached hydrogen (secondary N) is 2. The molecule has 9 nitrogen and oxygen atoms in total. The Kier molecular flexibility index (Phi) is 8.30. The molecule has 0 aliphatic carbocycles. The van der Waals surface area contributed by atoms with Gasteiger partial charge in [0, 0.05) is 23.6 Å². The van der Waals surface area contributed by atoms with Gasteiger partial charge in [-0.25, -0.2) is 0 Å². The van der Waals surface area contributed by atoms with Gasteiger partial charge in [-0.1, -0.05) is 18.2 Å². The lowest BCUT2D eigenvalue weighted by Crippen LogP contribution is -2.33. The molecule has 0 saturated heterocycles. The lowest BCUT2D eigenvalue weighted by molar-refractivity contribution is -0.120. The Morgan fingerprint density at radius 1 is 1.06 bits per heavy atom. The van der Waals surface area contributed by atoms with Crippen LogP contribution < -0.4 is 15.7 Å². The number of aliphatic hydroxyl groups is 1. The van der Waals surface area contributed by atoms with Gasteiger partial charge in [0.25, 0.3) is 5.91 Å². The highest BCUT2D eigenvalue weighted by Gasteiger charge is 2.22. The summed E-state index contributed by atoms with van der Waals surface area (Å²) in [6.45, 7) is 5.06. The standard InChI is InChI=1S/C26H28N4O5/c1-26(2,3)35-30(17-32)23-9-5-4-8-22(23)29-24(33)18-10-12-20(13-11-18)28-25(34)21(16-31)19-7-6-14-27-15-19/h4-15,17,21,31H,16H2,1-3H3,(H,28,34)(H,29,33). The summed E-state index contributed by atoms with van der Waals surface area (Å²) >= 11 is 0. The van der Waals surface area contributed by atoms with E-state index in [-0.39, 0.29) is 12.5 Å². The van der Waals surface area contributed by atoms with Crippen LogP contribution in [-0.2, 0) is 14.4 Å². The van der Waals surface area contributed by atoms with Gasteiger partial charge in [-0.15, -0.1) is 0 Å². The number of carbonyl (C=O) groups excluding carboxylic acids is 3. The molecule has 0 bridgehead atoms. The van der Waals surface area contributed by atoms with Crippen LogP contribution in [0.25, 0.3) is 0 Å². The molecule has 3 amide bonds. The van der Waals surface area contributed by atoms with Crippen LogP contribution in [0.4, 0.5) is 17.1 Å². The second-order valence-electron chi connectivity index (χ2n) is 8.69. The highest BCUT2D eigenvalue weighted by atomic mass is 16.7. The highest BCUT2D eigenvalue weighted by Crippen LogP contribution is 2.28. The van der Waals surface area contributed by atoms with Crippen LogP contribution in [0.2, 0.25) is 0 Å². The van der Waals surface area contributed by atoms with Crippen molar-refractivity contribution in [3.63, 3.8) is 0 Å². The van der Waals surface area contributed by atoms with Gasteiger partial charge in [0.1, 0.15) is 0 Å². The van der Waals surface area contributed by atoms with E-state index in [0.717, 1.165) is 5.06 Å². The fourth-order valence-corrected chi connectivity index (χ4v) is 3.24. The molecule has 2 aromatic carbocycles. The van der Waals surface area contributed by atoms with Crippen LogP contribution in [0.1, 0.15) is 42.6 Å². The molecular formula is C26H28N4O5. The summed E-state index contributed by atoms with van der Waals surface area (Å²) in [6.07, 6.45) is 3.66. The molecule has 0 aliphatic heterocycles. The molecule has 0 aliphatic rings. The predicted molar refractivity (Wildman–Crippen MR) is 133 cm³/mol. The van der Waals surface area contributed by atoms with Crippen LogP contribution in [0, 0.1) is 0 Å². The summed E-state index contributed by atoms with van der Waals surface area (Å²) in [7, 11) is 0. The summed E-state index contributed by atoms with van der Waals surface area (Å²) in [4.78, 5) is 46.7. The molecule has 3 N–H and O–H groups in total.